The Morgan fingerprint density at radius 3 is 2.70 bits per heavy atom. The number of hydrogen-bond acceptors (Lipinski definition) is 2. The molecule has 7 heteroatoms. The standard InChI is InChI=1S/C13H15BrF3NO2/c1-20-8-11(5-6-14)18-12(19)9-3-2-4-10(7-9)13(15,16)17/h2-4,7,11H,5-6,8H2,1H3,(H,18,19). The first-order valence-corrected chi connectivity index (χ1v) is 7.03. The van der Waals surface area contributed by atoms with Gasteiger partial charge < -0.3 is 10.1 Å². The highest BCUT2D eigenvalue weighted by Crippen LogP contribution is 2.29. The summed E-state index contributed by atoms with van der Waals surface area (Å²) in [5.74, 6) is -0.543. The summed E-state index contributed by atoms with van der Waals surface area (Å²) >= 11 is 3.25. The van der Waals surface area contributed by atoms with Gasteiger partial charge in [-0.05, 0) is 24.6 Å². The fourth-order valence-electron chi connectivity index (χ4n) is 1.64. The van der Waals surface area contributed by atoms with Gasteiger partial charge in [0.2, 0.25) is 0 Å². The second-order valence-corrected chi connectivity index (χ2v) is 4.97. The maximum absolute atomic E-state index is 12.6. The van der Waals surface area contributed by atoms with Crippen LogP contribution in [0.2, 0.25) is 0 Å². The van der Waals surface area contributed by atoms with E-state index < -0.39 is 17.6 Å². The monoisotopic (exact) mass is 353 g/mol. The Labute approximate surface area is 123 Å². The lowest BCUT2D eigenvalue weighted by Crippen LogP contribution is -2.38. The Morgan fingerprint density at radius 1 is 1.45 bits per heavy atom. The van der Waals surface area contributed by atoms with E-state index in [0.717, 1.165) is 12.1 Å². The van der Waals surface area contributed by atoms with Gasteiger partial charge in [-0.3, -0.25) is 4.79 Å². The number of carbonyl (C=O) groups is 1. The van der Waals surface area contributed by atoms with Gasteiger partial charge in [-0.25, -0.2) is 0 Å². The summed E-state index contributed by atoms with van der Waals surface area (Å²) in [5.41, 5.74) is -0.857. The van der Waals surface area contributed by atoms with Crippen LogP contribution in [0.5, 0.6) is 0 Å². The average Bonchev–Trinajstić information content (AvgIpc) is 2.38. The highest BCUT2D eigenvalue weighted by molar-refractivity contribution is 9.09. The van der Waals surface area contributed by atoms with Gasteiger partial charge in [0.1, 0.15) is 0 Å². The lowest BCUT2D eigenvalue weighted by atomic mass is 10.1. The minimum absolute atomic E-state index is 0.0181. The zero-order valence-electron chi connectivity index (χ0n) is 10.8. The Bertz CT molecular complexity index is 445. The van der Waals surface area contributed by atoms with E-state index in [0.29, 0.717) is 18.4 Å². The molecule has 1 aromatic rings. The zero-order valence-corrected chi connectivity index (χ0v) is 12.4. The van der Waals surface area contributed by atoms with Crippen LogP contribution in [0.1, 0.15) is 22.3 Å². The van der Waals surface area contributed by atoms with Crippen LogP contribution in [0.25, 0.3) is 0 Å². The summed E-state index contributed by atoms with van der Waals surface area (Å²) in [6.07, 6.45) is -3.84. The van der Waals surface area contributed by atoms with E-state index in [1.54, 1.807) is 0 Å². The predicted molar refractivity (Wildman–Crippen MR) is 73.0 cm³/mol. The van der Waals surface area contributed by atoms with Crippen LogP contribution < -0.4 is 5.32 Å². The van der Waals surface area contributed by atoms with Crippen LogP contribution in [0.3, 0.4) is 0 Å². The van der Waals surface area contributed by atoms with Crippen LogP contribution in [-0.4, -0.2) is 31.0 Å². The molecule has 0 radical (unpaired) electrons. The third-order valence-electron chi connectivity index (χ3n) is 2.61. The number of carbonyl (C=O) groups excluding carboxylic acids is 1. The average molecular weight is 354 g/mol. The molecule has 0 fully saturated rings. The third-order valence-corrected chi connectivity index (χ3v) is 3.07. The van der Waals surface area contributed by atoms with Gasteiger partial charge in [0.25, 0.3) is 5.91 Å². The van der Waals surface area contributed by atoms with E-state index in [4.69, 9.17) is 4.74 Å². The Kier molecular flexibility index (Phi) is 6.48. The van der Waals surface area contributed by atoms with Gasteiger partial charge in [0.05, 0.1) is 18.2 Å². The summed E-state index contributed by atoms with van der Waals surface area (Å²) in [7, 11) is 1.50. The molecule has 0 bridgehead atoms. The van der Waals surface area contributed by atoms with Crippen molar-refractivity contribution in [3.8, 4) is 0 Å². The van der Waals surface area contributed by atoms with Crippen molar-refractivity contribution in [2.24, 2.45) is 0 Å². The van der Waals surface area contributed by atoms with Crippen molar-refractivity contribution in [1.29, 1.82) is 0 Å². The van der Waals surface area contributed by atoms with E-state index in [2.05, 4.69) is 21.2 Å². The number of amides is 1. The summed E-state index contributed by atoms with van der Waals surface area (Å²) in [6.45, 7) is 0.302. The number of hydrogen-bond donors (Lipinski definition) is 1. The lowest BCUT2D eigenvalue weighted by molar-refractivity contribution is -0.137. The number of benzene rings is 1. The molecule has 0 heterocycles. The summed E-state index contributed by atoms with van der Waals surface area (Å²) in [5, 5.41) is 3.31. The first-order valence-electron chi connectivity index (χ1n) is 5.91. The molecular formula is C13H15BrF3NO2. The van der Waals surface area contributed by atoms with Crippen molar-refractivity contribution in [3.63, 3.8) is 0 Å². The molecule has 1 unspecified atom stereocenters. The normalized spacial score (nSPS) is 13.1. The Balaban J connectivity index is 2.81. The number of methoxy groups -OCH3 is 1. The smallest absolute Gasteiger partial charge is 0.383 e. The SMILES string of the molecule is COCC(CCBr)NC(=O)c1cccc(C(F)(F)F)c1. The predicted octanol–water partition coefficient (Wildman–Crippen LogP) is 3.24. The first kappa shape index (κ1) is 17.0. The molecule has 1 atom stereocenters. The van der Waals surface area contributed by atoms with Crippen molar-refractivity contribution in [1.82, 2.24) is 5.32 Å². The summed E-state index contributed by atoms with van der Waals surface area (Å²) < 4.78 is 42.7. The maximum Gasteiger partial charge on any atom is 0.416 e. The molecular weight excluding hydrogens is 339 g/mol. The van der Waals surface area contributed by atoms with Crippen molar-refractivity contribution in [3.05, 3.63) is 35.4 Å². The largest absolute Gasteiger partial charge is 0.416 e. The number of halogens is 4. The highest BCUT2D eigenvalue weighted by atomic mass is 79.9. The quantitative estimate of drug-likeness (QED) is 0.797. The minimum atomic E-state index is -4.46. The number of rotatable bonds is 6. The molecule has 0 aliphatic rings. The van der Waals surface area contributed by atoms with Crippen molar-refractivity contribution < 1.29 is 22.7 Å². The molecule has 1 rings (SSSR count). The van der Waals surface area contributed by atoms with Gasteiger partial charge in [0, 0.05) is 18.0 Å². The van der Waals surface area contributed by atoms with Gasteiger partial charge in [-0.2, -0.15) is 13.2 Å². The van der Waals surface area contributed by atoms with E-state index in [-0.39, 0.29) is 11.6 Å². The molecule has 1 aromatic carbocycles. The molecule has 112 valence electrons. The van der Waals surface area contributed by atoms with Gasteiger partial charge in [0.15, 0.2) is 0 Å². The number of alkyl halides is 4. The van der Waals surface area contributed by atoms with Crippen LogP contribution in [0.4, 0.5) is 13.2 Å². The van der Waals surface area contributed by atoms with Crippen LogP contribution in [0.15, 0.2) is 24.3 Å². The molecule has 0 aliphatic heterocycles. The van der Waals surface area contributed by atoms with Crippen molar-refractivity contribution >= 4 is 21.8 Å². The molecule has 0 aliphatic carbocycles. The van der Waals surface area contributed by atoms with Crippen molar-refractivity contribution in [2.45, 2.75) is 18.6 Å². The van der Waals surface area contributed by atoms with E-state index >= 15 is 0 Å². The number of ether oxygens (including phenoxy) is 1. The Morgan fingerprint density at radius 2 is 2.15 bits per heavy atom. The second-order valence-electron chi connectivity index (χ2n) is 4.18. The summed E-state index contributed by atoms with van der Waals surface area (Å²) in [6, 6.07) is 4.09. The van der Waals surface area contributed by atoms with Crippen LogP contribution in [0, 0.1) is 0 Å². The molecule has 0 spiro atoms. The third kappa shape index (κ3) is 5.13. The lowest BCUT2D eigenvalue weighted by Gasteiger charge is -2.17. The maximum atomic E-state index is 12.6. The highest BCUT2D eigenvalue weighted by Gasteiger charge is 2.31. The van der Waals surface area contributed by atoms with Gasteiger partial charge in [-0.15, -0.1) is 0 Å². The molecule has 3 nitrogen and oxygen atoms in total. The van der Waals surface area contributed by atoms with E-state index in [9.17, 15) is 18.0 Å². The van der Waals surface area contributed by atoms with Crippen molar-refractivity contribution in [2.75, 3.05) is 19.0 Å². The molecule has 0 saturated heterocycles. The van der Waals surface area contributed by atoms with Crippen LogP contribution in [-0.2, 0) is 10.9 Å². The van der Waals surface area contributed by atoms with Gasteiger partial charge in [-0.1, -0.05) is 22.0 Å². The molecule has 0 saturated carbocycles. The molecule has 1 amide bonds. The van der Waals surface area contributed by atoms with E-state index in [1.165, 1.54) is 19.2 Å². The first-order chi connectivity index (χ1) is 9.38. The molecule has 20 heavy (non-hydrogen) atoms. The topological polar surface area (TPSA) is 38.3 Å². The minimum Gasteiger partial charge on any atom is -0.383 e. The fraction of sp³-hybridized carbons (Fsp3) is 0.462. The fourth-order valence-corrected chi connectivity index (χ4v) is 2.19. The van der Waals surface area contributed by atoms with Crippen LogP contribution >= 0.6 is 15.9 Å². The molecule has 0 aromatic heterocycles. The zero-order chi connectivity index (χ0) is 15.2. The number of nitrogens with one attached hydrogen (secondary N) is 1. The second kappa shape index (κ2) is 7.64. The van der Waals surface area contributed by atoms with E-state index in [1.807, 2.05) is 0 Å². The van der Waals surface area contributed by atoms with Gasteiger partial charge >= 0.3 is 6.18 Å². The molecule has 1 N–H and O–H groups in total. The summed E-state index contributed by atoms with van der Waals surface area (Å²) in [4.78, 5) is 11.9. The Hall–Kier alpha value is -1.08.